The van der Waals surface area contributed by atoms with Crippen LogP contribution in [0.3, 0.4) is 0 Å². The van der Waals surface area contributed by atoms with E-state index < -0.39 is 5.97 Å². The predicted octanol–water partition coefficient (Wildman–Crippen LogP) is 0.433. The third-order valence-electron chi connectivity index (χ3n) is 1.76. The van der Waals surface area contributed by atoms with Gasteiger partial charge in [0.25, 0.3) is 0 Å². The summed E-state index contributed by atoms with van der Waals surface area (Å²) in [5.41, 5.74) is 0. The van der Waals surface area contributed by atoms with Crippen LogP contribution in [0.5, 0.6) is 0 Å². The number of hydrogen-bond acceptors (Lipinski definition) is 3. The van der Waals surface area contributed by atoms with Gasteiger partial charge in [0, 0.05) is 13.1 Å². The molecule has 0 saturated carbocycles. The highest BCUT2D eigenvalue weighted by Crippen LogP contribution is 1.95. The SMILES string of the molecule is CC(C)CCNC(=O)NCCOCC(=O)O. The number of nitrogens with one attached hydrogen (secondary N) is 2. The lowest BCUT2D eigenvalue weighted by Gasteiger charge is -2.08. The first-order chi connectivity index (χ1) is 7.52. The standard InChI is InChI=1S/C10H20N2O4/c1-8(2)3-4-11-10(15)12-5-6-16-7-9(13)14/h8H,3-7H2,1-2H3,(H,13,14)(H2,11,12,15). The zero-order valence-corrected chi connectivity index (χ0v) is 9.78. The maximum Gasteiger partial charge on any atom is 0.329 e. The third-order valence-corrected chi connectivity index (χ3v) is 1.76. The minimum atomic E-state index is -1.01. The molecule has 0 spiro atoms. The number of carboxylic acids is 1. The molecule has 0 aliphatic heterocycles. The molecular formula is C10H20N2O4. The van der Waals surface area contributed by atoms with E-state index in [1.807, 2.05) is 0 Å². The molecule has 0 aromatic heterocycles. The molecule has 0 saturated heterocycles. The number of rotatable bonds is 8. The smallest absolute Gasteiger partial charge is 0.329 e. The van der Waals surface area contributed by atoms with Crippen molar-refractivity contribution >= 4 is 12.0 Å². The van der Waals surface area contributed by atoms with Gasteiger partial charge in [-0.1, -0.05) is 13.8 Å². The fraction of sp³-hybridized carbons (Fsp3) is 0.800. The van der Waals surface area contributed by atoms with Crippen LogP contribution in [0.15, 0.2) is 0 Å². The predicted molar refractivity (Wildman–Crippen MR) is 59.3 cm³/mol. The van der Waals surface area contributed by atoms with Gasteiger partial charge in [-0.15, -0.1) is 0 Å². The average Bonchev–Trinajstić information content (AvgIpc) is 2.16. The zero-order chi connectivity index (χ0) is 12.4. The van der Waals surface area contributed by atoms with Crippen LogP contribution in [0.1, 0.15) is 20.3 Å². The number of urea groups is 1. The van der Waals surface area contributed by atoms with E-state index in [-0.39, 0.29) is 19.2 Å². The summed E-state index contributed by atoms with van der Waals surface area (Å²) in [6, 6.07) is -0.250. The van der Waals surface area contributed by atoms with Crippen LogP contribution >= 0.6 is 0 Å². The van der Waals surface area contributed by atoms with Crippen LogP contribution in [0, 0.1) is 5.92 Å². The van der Waals surface area contributed by atoms with Crippen molar-refractivity contribution in [3.8, 4) is 0 Å². The molecule has 3 N–H and O–H groups in total. The number of ether oxygens (including phenoxy) is 1. The van der Waals surface area contributed by atoms with Gasteiger partial charge in [-0.05, 0) is 12.3 Å². The van der Waals surface area contributed by atoms with E-state index in [9.17, 15) is 9.59 Å². The van der Waals surface area contributed by atoms with Gasteiger partial charge in [0.15, 0.2) is 0 Å². The molecule has 0 aliphatic rings. The van der Waals surface area contributed by atoms with Crippen LogP contribution in [0.25, 0.3) is 0 Å². The third kappa shape index (κ3) is 10.8. The van der Waals surface area contributed by atoms with E-state index >= 15 is 0 Å². The maximum atomic E-state index is 11.1. The summed E-state index contributed by atoms with van der Waals surface area (Å²) in [5, 5.41) is 13.5. The first-order valence-electron chi connectivity index (χ1n) is 5.33. The molecule has 94 valence electrons. The molecule has 0 bridgehead atoms. The number of carbonyl (C=O) groups excluding carboxylic acids is 1. The summed E-state index contributed by atoms with van der Waals surface area (Å²) in [6.45, 7) is 4.97. The monoisotopic (exact) mass is 232 g/mol. The van der Waals surface area contributed by atoms with Crippen LogP contribution in [0.4, 0.5) is 4.79 Å². The molecule has 2 amide bonds. The molecule has 0 fully saturated rings. The molecule has 6 nitrogen and oxygen atoms in total. The normalized spacial score (nSPS) is 10.2. The topological polar surface area (TPSA) is 87.7 Å². The number of carboxylic acid groups (broad SMARTS) is 1. The number of amides is 2. The largest absolute Gasteiger partial charge is 0.480 e. The van der Waals surface area contributed by atoms with Gasteiger partial charge < -0.3 is 20.5 Å². The Morgan fingerprint density at radius 3 is 2.44 bits per heavy atom. The number of hydrogen-bond donors (Lipinski definition) is 3. The highest BCUT2D eigenvalue weighted by atomic mass is 16.5. The molecule has 0 heterocycles. The minimum Gasteiger partial charge on any atom is -0.480 e. The van der Waals surface area contributed by atoms with Crippen molar-refractivity contribution in [2.45, 2.75) is 20.3 Å². The van der Waals surface area contributed by atoms with Crippen molar-refractivity contribution in [1.82, 2.24) is 10.6 Å². The van der Waals surface area contributed by atoms with Crippen LogP contribution in [-0.2, 0) is 9.53 Å². The van der Waals surface area contributed by atoms with E-state index in [4.69, 9.17) is 9.84 Å². The molecule has 0 radical (unpaired) electrons. The number of aliphatic carboxylic acids is 1. The maximum absolute atomic E-state index is 11.1. The lowest BCUT2D eigenvalue weighted by molar-refractivity contribution is -0.142. The first kappa shape index (κ1) is 14.7. The Hall–Kier alpha value is -1.30. The van der Waals surface area contributed by atoms with Crippen LogP contribution in [-0.4, -0.2) is 43.4 Å². The lowest BCUT2D eigenvalue weighted by atomic mass is 10.1. The van der Waals surface area contributed by atoms with Gasteiger partial charge in [0.2, 0.25) is 0 Å². The molecule has 0 aromatic carbocycles. The molecule has 0 aliphatic carbocycles. The van der Waals surface area contributed by atoms with Crippen molar-refractivity contribution in [2.24, 2.45) is 5.92 Å². The fourth-order valence-electron chi connectivity index (χ4n) is 0.933. The van der Waals surface area contributed by atoms with Crippen molar-refractivity contribution in [2.75, 3.05) is 26.3 Å². The van der Waals surface area contributed by atoms with Crippen LogP contribution < -0.4 is 10.6 Å². The van der Waals surface area contributed by atoms with Crippen molar-refractivity contribution in [3.63, 3.8) is 0 Å². The van der Waals surface area contributed by atoms with E-state index in [1.54, 1.807) is 0 Å². The molecule has 0 atom stereocenters. The van der Waals surface area contributed by atoms with Crippen molar-refractivity contribution < 1.29 is 19.4 Å². The Kier molecular flexibility index (Phi) is 8.24. The van der Waals surface area contributed by atoms with E-state index in [0.717, 1.165) is 6.42 Å². The Labute approximate surface area is 95.4 Å². The lowest BCUT2D eigenvalue weighted by Crippen LogP contribution is -2.38. The Morgan fingerprint density at radius 2 is 1.88 bits per heavy atom. The van der Waals surface area contributed by atoms with Gasteiger partial charge in [0.05, 0.1) is 6.61 Å². The van der Waals surface area contributed by atoms with E-state index in [1.165, 1.54) is 0 Å². The summed E-state index contributed by atoms with van der Waals surface area (Å²) in [6.07, 6.45) is 0.933. The van der Waals surface area contributed by atoms with E-state index in [2.05, 4.69) is 24.5 Å². The van der Waals surface area contributed by atoms with Gasteiger partial charge in [-0.2, -0.15) is 0 Å². The van der Waals surface area contributed by atoms with Gasteiger partial charge >= 0.3 is 12.0 Å². The Balaban J connectivity index is 3.27. The first-order valence-corrected chi connectivity index (χ1v) is 5.33. The second kappa shape index (κ2) is 8.96. The molecule has 16 heavy (non-hydrogen) atoms. The van der Waals surface area contributed by atoms with Crippen LogP contribution in [0.2, 0.25) is 0 Å². The minimum absolute atomic E-state index is 0.198. The molecule has 0 aromatic rings. The average molecular weight is 232 g/mol. The van der Waals surface area contributed by atoms with Crippen molar-refractivity contribution in [3.05, 3.63) is 0 Å². The van der Waals surface area contributed by atoms with Gasteiger partial charge in [-0.3, -0.25) is 0 Å². The Bertz CT molecular complexity index is 219. The second-order valence-electron chi connectivity index (χ2n) is 3.81. The Morgan fingerprint density at radius 1 is 1.25 bits per heavy atom. The van der Waals surface area contributed by atoms with Gasteiger partial charge in [0.1, 0.15) is 6.61 Å². The fourth-order valence-corrected chi connectivity index (χ4v) is 0.933. The summed E-state index contributed by atoms with van der Waals surface area (Å²) >= 11 is 0. The summed E-state index contributed by atoms with van der Waals surface area (Å²) in [5.74, 6) is -0.458. The highest BCUT2D eigenvalue weighted by Gasteiger charge is 2.00. The zero-order valence-electron chi connectivity index (χ0n) is 9.78. The summed E-state index contributed by atoms with van der Waals surface area (Å²) in [7, 11) is 0. The quantitative estimate of drug-likeness (QED) is 0.530. The van der Waals surface area contributed by atoms with E-state index in [0.29, 0.717) is 19.0 Å². The summed E-state index contributed by atoms with van der Waals surface area (Å²) in [4.78, 5) is 21.2. The van der Waals surface area contributed by atoms with Gasteiger partial charge in [-0.25, -0.2) is 9.59 Å². The highest BCUT2D eigenvalue weighted by molar-refractivity contribution is 5.73. The molecule has 0 rings (SSSR count). The second-order valence-corrected chi connectivity index (χ2v) is 3.81. The van der Waals surface area contributed by atoms with Crippen molar-refractivity contribution in [1.29, 1.82) is 0 Å². The molecular weight excluding hydrogens is 212 g/mol. The summed E-state index contributed by atoms with van der Waals surface area (Å²) < 4.78 is 4.75. The molecule has 0 unspecified atom stereocenters. The number of carbonyl (C=O) groups is 2. The molecule has 6 heteroatoms.